The summed E-state index contributed by atoms with van der Waals surface area (Å²) in [7, 11) is -10.0. The normalized spacial score (nSPS) is 15.0. The predicted octanol–water partition coefficient (Wildman–Crippen LogP) is 21.2. The molecule has 0 bridgehead atoms. The molecule has 0 aliphatic rings. The van der Waals surface area contributed by atoms with Gasteiger partial charge in [0.1, 0.15) is 19.3 Å². The standard InChI is InChI=1S/C81H128O17P2/c1-5-9-13-17-21-25-29-32-35-36-37-38-41-43-47-50-54-58-62-66-79(84)92-72-77(98-81(86)68-64-60-56-52-48-44-40-34-31-27-23-19-15-11-7-3)74-96-100(89,90)94-70-75(82)69-93-99(87,88)95-73-76(97-80(85)67-63-59-55-51-45-28-24-20-16-12-8-4)71-91-78(83)65-61-57-53-49-46-42-39-33-30-26-22-18-14-10-6-2/h9-11,13-15,20-27,32-35,37-40,43,46-47,49,54,57-58,61,75-77,82H,5-8,12,16-19,28-31,36,41-42,44-45,48,50-53,55-56,59-60,62-74H2,1-4H3,(H,87,88)(H,89,90)/b13-9-,14-10-,15-11-,24-20-,25-21-,26-22-,27-23-,35-32-,38-37-,39-33-,40-34-,47-43-,49-46-,58-54-,61-57-. The minimum atomic E-state index is -5.01. The lowest BCUT2D eigenvalue weighted by Crippen LogP contribution is -2.30. The van der Waals surface area contributed by atoms with Gasteiger partial charge in [0, 0.05) is 19.3 Å². The number of ether oxygens (including phenoxy) is 4. The second kappa shape index (κ2) is 71.6. The van der Waals surface area contributed by atoms with Crippen LogP contribution in [0.5, 0.6) is 0 Å². The van der Waals surface area contributed by atoms with Crippen LogP contribution in [0.3, 0.4) is 0 Å². The van der Waals surface area contributed by atoms with E-state index in [1.165, 1.54) is 6.42 Å². The molecule has 0 spiro atoms. The highest BCUT2D eigenvalue weighted by Crippen LogP contribution is 2.45. The van der Waals surface area contributed by atoms with Crippen LogP contribution in [0.25, 0.3) is 0 Å². The molecule has 19 heteroatoms. The third-order valence-electron chi connectivity index (χ3n) is 14.4. The summed E-state index contributed by atoms with van der Waals surface area (Å²) in [6, 6.07) is 0. The lowest BCUT2D eigenvalue weighted by Gasteiger charge is -2.21. The minimum Gasteiger partial charge on any atom is -0.462 e. The number of carbonyl (C=O) groups excluding carboxylic acids is 4. The summed E-state index contributed by atoms with van der Waals surface area (Å²) >= 11 is 0. The molecule has 0 saturated carbocycles. The van der Waals surface area contributed by atoms with Gasteiger partial charge in [0.05, 0.1) is 32.8 Å². The molecule has 0 aliphatic heterocycles. The summed E-state index contributed by atoms with van der Waals surface area (Å²) in [4.78, 5) is 72.7. The van der Waals surface area contributed by atoms with E-state index in [4.69, 9.17) is 37.0 Å². The Morgan fingerprint density at radius 3 is 0.940 bits per heavy atom. The third-order valence-corrected chi connectivity index (χ3v) is 16.3. The highest BCUT2D eigenvalue weighted by Gasteiger charge is 2.30. The van der Waals surface area contributed by atoms with Gasteiger partial charge in [-0.15, -0.1) is 0 Å². The first-order chi connectivity index (χ1) is 48.7. The Morgan fingerprint density at radius 1 is 0.300 bits per heavy atom. The first kappa shape index (κ1) is 94.2. The molecule has 100 heavy (non-hydrogen) atoms. The smallest absolute Gasteiger partial charge is 0.462 e. The Kier molecular flexibility index (Phi) is 67.4. The van der Waals surface area contributed by atoms with E-state index in [2.05, 4.69) is 167 Å². The predicted molar refractivity (Wildman–Crippen MR) is 408 cm³/mol. The number of esters is 4. The Hall–Kier alpha value is -5.84. The van der Waals surface area contributed by atoms with E-state index in [-0.39, 0.29) is 25.7 Å². The lowest BCUT2D eigenvalue weighted by atomic mass is 10.1. The van der Waals surface area contributed by atoms with Crippen LogP contribution in [0.1, 0.15) is 246 Å². The summed E-state index contributed by atoms with van der Waals surface area (Å²) in [5, 5.41) is 10.6. The average molecular weight is 1440 g/mol. The van der Waals surface area contributed by atoms with Crippen molar-refractivity contribution >= 4 is 39.5 Å². The maximum atomic E-state index is 13.1. The van der Waals surface area contributed by atoms with Crippen LogP contribution in [0.2, 0.25) is 0 Å². The van der Waals surface area contributed by atoms with Crippen molar-refractivity contribution in [2.24, 2.45) is 0 Å². The number of phosphoric acid groups is 2. The number of phosphoric ester groups is 2. The van der Waals surface area contributed by atoms with Crippen LogP contribution in [0, 0.1) is 0 Å². The number of aliphatic hydroxyl groups is 1. The average Bonchev–Trinajstić information content (AvgIpc) is 0.985. The molecule has 0 fully saturated rings. The quantitative estimate of drug-likeness (QED) is 0.0169. The van der Waals surface area contributed by atoms with Gasteiger partial charge in [0.15, 0.2) is 12.2 Å². The Labute approximate surface area is 603 Å². The fraction of sp³-hybridized carbons (Fsp3) is 0.580. The van der Waals surface area contributed by atoms with Gasteiger partial charge < -0.3 is 33.8 Å². The van der Waals surface area contributed by atoms with Crippen molar-refractivity contribution in [3.63, 3.8) is 0 Å². The van der Waals surface area contributed by atoms with E-state index in [9.17, 15) is 43.2 Å². The Balaban J connectivity index is 5.50. The fourth-order valence-electron chi connectivity index (χ4n) is 8.84. The van der Waals surface area contributed by atoms with Gasteiger partial charge in [0.2, 0.25) is 0 Å². The Bertz CT molecular complexity index is 2620. The van der Waals surface area contributed by atoms with Gasteiger partial charge in [0.25, 0.3) is 0 Å². The number of hydrogen-bond donors (Lipinski definition) is 3. The van der Waals surface area contributed by atoms with Crippen molar-refractivity contribution in [1.82, 2.24) is 0 Å². The van der Waals surface area contributed by atoms with Gasteiger partial charge in [-0.1, -0.05) is 261 Å². The molecule has 0 rings (SSSR count). The van der Waals surface area contributed by atoms with Gasteiger partial charge in [-0.25, -0.2) is 9.13 Å². The molecule has 5 unspecified atom stereocenters. The Morgan fingerprint density at radius 2 is 0.580 bits per heavy atom. The molecule has 0 amide bonds. The van der Waals surface area contributed by atoms with Gasteiger partial charge in [-0.05, 0) is 141 Å². The van der Waals surface area contributed by atoms with Crippen LogP contribution in [-0.2, 0) is 65.4 Å². The van der Waals surface area contributed by atoms with Gasteiger partial charge in [-0.3, -0.25) is 37.3 Å². The molecule has 5 atom stereocenters. The number of unbranched alkanes of at least 4 members (excludes halogenated alkanes) is 12. The summed E-state index contributed by atoms with van der Waals surface area (Å²) in [5.41, 5.74) is 0. The van der Waals surface area contributed by atoms with Gasteiger partial charge in [-0.2, -0.15) is 0 Å². The van der Waals surface area contributed by atoms with E-state index in [0.717, 1.165) is 154 Å². The molecule has 0 radical (unpaired) electrons. The lowest BCUT2D eigenvalue weighted by molar-refractivity contribution is -0.161. The summed E-state index contributed by atoms with van der Waals surface area (Å²) in [6.45, 7) is 4.21. The van der Waals surface area contributed by atoms with Crippen molar-refractivity contribution in [1.29, 1.82) is 0 Å². The third kappa shape index (κ3) is 70.6. The van der Waals surface area contributed by atoms with Crippen LogP contribution in [0.15, 0.2) is 182 Å². The zero-order valence-electron chi connectivity index (χ0n) is 61.3. The van der Waals surface area contributed by atoms with Crippen LogP contribution >= 0.6 is 15.6 Å². The van der Waals surface area contributed by atoms with Crippen molar-refractivity contribution in [3.8, 4) is 0 Å². The van der Waals surface area contributed by atoms with Crippen molar-refractivity contribution < 1.29 is 80.2 Å². The number of rotatable bonds is 67. The molecule has 0 aromatic rings. The maximum absolute atomic E-state index is 13.1. The highest BCUT2D eigenvalue weighted by atomic mass is 31.2. The summed E-state index contributed by atoms with van der Waals surface area (Å²) in [5.74, 6) is -2.47. The van der Waals surface area contributed by atoms with E-state index in [1.54, 1.807) is 6.08 Å². The van der Waals surface area contributed by atoms with E-state index in [0.29, 0.717) is 32.1 Å². The molecule has 0 saturated heterocycles. The zero-order valence-corrected chi connectivity index (χ0v) is 63.1. The topological polar surface area (TPSA) is 237 Å². The molecule has 0 heterocycles. The monoisotopic (exact) mass is 1430 g/mol. The minimum absolute atomic E-state index is 0.0233. The number of carbonyl (C=O) groups is 4. The first-order valence-corrected chi connectivity index (χ1v) is 40.0. The van der Waals surface area contributed by atoms with Crippen LogP contribution < -0.4 is 0 Å². The fourth-order valence-corrected chi connectivity index (χ4v) is 10.4. The largest absolute Gasteiger partial charge is 0.472 e. The van der Waals surface area contributed by atoms with Crippen molar-refractivity contribution in [2.45, 2.75) is 264 Å². The highest BCUT2D eigenvalue weighted by molar-refractivity contribution is 7.47. The molecule has 3 N–H and O–H groups in total. The summed E-state index contributed by atoms with van der Waals surface area (Å²) < 4.78 is 68.1. The van der Waals surface area contributed by atoms with Crippen molar-refractivity contribution in [3.05, 3.63) is 182 Å². The van der Waals surface area contributed by atoms with E-state index >= 15 is 0 Å². The molecular weight excluding hydrogens is 1310 g/mol. The first-order valence-electron chi connectivity index (χ1n) is 37.0. The van der Waals surface area contributed by atoms with Crippen LogP contribution in [0.4, 0.5) is 0 Å². The molecule has 564 valence electrons. The van der Waals surface area contributed by atoms with Crippen LogP contribution in [-0.4, -0.2) is 96.7 Å². The molecular formula is C81H128O17P2. The maximum Gasteiger partial charge on any atom is 0.472 e. The number of aliphatic hydroxyl groups excluding tert-OH is 1. The number of hydrogen-bond acceptors (Lipinski definition) is 15. The second-order valence-electron chi connectivity index (χ2n) is 23.8. The molecule has 17 nitrogen and oxygen atoms in total. The summed E-state index contributed by atoms with van der Waals surface area (Å²) in [6.07, 6.45) is 85.2. The van der Waals surface area contributed by atoms with Crippen molar-refractivity contribution in [2.75, 3.05) is 39.6 Å². The molecule has 0 aromatic heterocycles. The SMILES string of the molecule is CC/C=C\C/C=C\C/C=C\C/C=C\C/C=C\C/C=C\CCC(=O)OCC(COP(=O)(O)OCC(O)COP(=O)(O)OCC(COC(=O)C/C=C\C/C=C\C/C=C\C/C=C\C/C=C\CC)OC(=O)CCCCCCC/C=C\CCCC)OC(=O)CCCCCCC/C=C\C/C=C\C/C=C\CC. The number of allylic oxidation sites excluding steroid dienone is 29. The zero-order chi connectivity index (χ0) is 73.2. The molecule has 0 aliphatic carbocycles. The van der Waals surface area contributed by atoms with Gasteiger partial charge >= 0.3 is 39.5 Å². The van der Waals surface area contributed by atoms with E-state index < -0.39 is 97.5 Å². The van der Waals surface area contributed by atoms with E-state index in [1.807, 2.05) is 36.5 Å². The molecule has 0 aromatic carbocycles. The second-order valence-corrected chi connectivity index (χ2v) is 26.7.